The Hall–Kier alpha value is -3.68. The van der Waals surface area contributed by atoms with Crippen LogP contribution >= 0.6 is 0 Å². The Morgan fingerprint density at radius 2 is 1.67 bits per heavy atom. The second-order valence-electron chi connectivity index (χ2n) is 6.73. The number of rotatable bonds is 8. The lowest BCUT2D eigenvalue weighted by Gasteiger charge is -2.22. The van der Waals surface area contributed by atoms with Crippen LogP contribution in [0.1, 0.15) is 12.5 Å². The number of nitrogens with one attached hydrogen (secondary N) is 1. The largest absolute Gasteiger partial charge is 0.465 e. The number of carbonyl (C=O) groups excluding carboxylic acids is 2. The molecule has 0 aliphatic heterocycles. The molecule has 0 spiro atoms. The maximum atomic E-state index is 12.9. The summed E-state index contributed by atoms with van der Waals surface area (Å²) in [6, 6.07) is 16.0. The summed E-state index contributed by atoms with van der Waals surface area (Å²) in [4.78, 5) is 51.2. The molecule has 156 valence electrons. The third kappa shape index (κ3) is 5.02. The molecule has 1 aromatic heterocycles. The van der Waals surface area contributed by atoms with E-state index < -0.39 is 23.0 Å². The van der Waals surface area contributed by atoms with Gasteiger partial charge in [-0.1, -0.05) is 42.5 Å². The van der Waals surface area contributed by atoms with Gasteiger partial charge in [-0.3, -0.25) is 24.3 Å². The fourth-order valence-corrected chi connectivity index (χ4v) is 3.16. The molecule has 3 rings (SSSR count). The molecule has 1 heterocycles. The molecule has 0 fully saturated rings. The first-order valence-corrected chi connectivity index (χ1v) is 9.68. The van der Waals surface area contributed by atoms with E-state index in [4.69, 9.17) is 4.74 Å². The minimum absolute atomic E-state index is 0.205. The number of benzene rings is 2. The van der Waals surface area contributed by atoms with Crippen molar-refractivity contribution in [2.24, 2.45) is 0 Å². The molecular formula is C22H23N3O5. The smallest absolute Gasteiger partial charge is 0.325 e. The number of fused-ring (bicyclic) bond motifs is 1. The zero-order valence-electron chi connectivity index (χ0n) is 16.7. The van der Waals surface area contributed by atoms with Gasteiger partial charge in [-0.05, 0) is 31.0 Å². The molecule has 0 radical (unpaired) electrons. The van der Waals surface area contributed by atoms with Crippen LogP contribution in [0.5, 0.6) is 0 Å². The lowest BCUT2D eigenvalue weighted by molar-refractivity contribution is -0.149. The van der Waals surface area contributed by atoms with E-state index >= 15 is 0 Å². The summed E-state index contributed by atoms with van der Waals surface area (Å²) < 4.78 is 5.95. The number of amides is 1. The second-order valence-corrected chi connectivity index (χ2v) is 6.73. The van der Waals surface area contributed by atoms with Crippen molar-refractivity contribution in [2.45, 2.75) is 19.9 Å². The van der Waals surface area contributed by atoms with E-state index in [0.29, 0.717) is 6.42 Å². The topological polar surface area (TPSA) is 101 Å². The van der Waals surface area contributed by atoms with E-state index in [1.54, 1.807) is 31.2 Å². The van der Waals surface area contributed by atoms with Crippen molar-refractivity contribution in [1.82, 2.24) is 14.7 Å². The molecule has 8 nitrogen and oxygen atoms in total. The molecule has 0 aliphatic carbocycles. The van der Waals surface area contributed by atoms with Gasteiger partial charge in [0.2, 0.25) is 5.91 Å². The third-order valence-corrected chi connectivity index (χ3v) is 4.67. The number of hydrogen-bond acceptors (Lipinski definition) is 5. The van der Waals surface area contributed by atoms with E-state index in [9.17, 15) is 19.2 Å². The maximum Gasteiger partial charge on any atom is 0.325 e. The standard InChI is InChI=1S/C22H23N3O5/c1-2-30-20(27)15-24(13-12-16-8-4-3-5-9-16)19(26)14-25-22(29)18-11-7-6-10-17(18)21(28)23-25/h3-11H,2,12-15H2,1H3,(H,23,28). The van der Waals surface area contributed by atoms with Crippen LogP contribution in [0.25, 0.3) is 10.8 Å². The number of ether oxygens (including phenoxy) is 1. The summed E-state index contributed by atoms with van der Waals surface area (Å²) in [6.07, 6.45) is 0.537. The van der Waals surface area contributed by atoms with Gasteiger partial charge in [0.25, 0.3) is 11.1 Å². The van der Waals surface area contributed by atoms with Gasteiger partial charge in [0.1, 0.15) is 13.1 Å². The molecule has 30 heavy (non-hydrogen) atoms. The SMILES string of the molecule is CCOC(=O)CN(CCc1ccccc1)C(=O)Cn1[nH]c(=O)c2ccccc2c1=O. The number of nitrogens with zero attached hydrogens (tertiary/aromatic N) is 2. The molecule has 0 aliphatic rings. The zero-order valence-corrected chi connectivity index (χ0v) is 16.7. The number of aromatic amines is 1. The van der Waals surface area contributed by atoms with Crippen molar-refractivity contribution < 1.29 is 14.3 Å². The Kier molecular flexibility index (Phi) is 6.79. The van der Waals surface area contributed by atoms with Crippen molar-refractivity contribution in [3.63, 3.8) is 0 Å². The van der Waals surface area contributed by atoms with Gasteiger partial charge in [0, 0.05) is 6.54 Å². The summed E-state index contributed by atoms with van der Waals surface area (Å²) in [7, 11) is 0. The van der Waals surface area contributed by atoms with E-state index in [2.05, 4.69) is 5.10 Å². The van der Waals surface area contributed by atoms with Gasteiger partial charge in [-0.25, -0.2) is 4.68 Å². The van der Waals surface area contributed by atoms with Crippen LogP contribution in [0, 0.1) is 0 Å². The molecule has 2 aromatic carbocycles. The van der Waals surface area contributed by atoms with Crippen molar-refractivity contribution in [3.8, 4) is 0 Å². The summed E-state index contributed by atoms with van der Waals surface area (Å²) in [5, 5.41) is 2.94. The molecule has 0 unspecified atom stereocenters. The molecule has 1 N–H and O–H groups in total. The van der Waals surface area contributed by atoms with Crippen LogP contribution in [0.2, 0.25) is 0 Å². The van der Waals surface area contributed by atoms with Crippen molar-refractivity contribution in [1.29, 1.82) is 0 Å². The number of esters is 1. The first-order chi connectivity index (χ1) is 14.5. The highest BCUT2D eigenvalue weighted by Gasteiger charge is 2.20. The summed E-state index contributed by atoms with van der Waals surface area (Å²) in [5.74, 6) is -0.995. The van der Waals surface area contributed by atoms with Crippen LogP contribution in [-0.4, -0.2) is 46.3 Å². The van der Waals surface area contributed by atoms with Crippen LogP contribution in [0.3, 0.4) is 0 Å². The van der Waals surface area contributed by atoms with Gasteiger partial charge < -0.3 is 9.64 Å². The zero-order chi connectivity index (χ0) is 21.5. The van der Waals surface area contributed by atoms with E-state index in [-0.39, 0.29) is 37.0 Å². The number of carbonyl (C=O) groups is 2. The fourth-order valence-electron chi connectivity index (χ4n) is 3.16. The minimum atomic E-state index is -0.529. The van der Waals surface area contributed by atoms with E-state index in [1.807, 2.05) is 30.3 Å². The highest BCUT2D eigenvalue weighted by Crippen LogP contribution is 2.05. The molecule has 0 bridgehead atoms. The summed E-state index contributed by atoms with van der Waals surface area (Å²) in [5.41, 5.74) is 0.0763. The molecule has 0 saturated carbocycles. The summed E-state index contributed by atoms with van der Waals surface area (Å²) in [6.45, 7) is 1.55. The van der Waals surface area contributed by atoms with Crippen molar-refractivity contribution in [2.75, 3.05) is 19.7 Å². The third-order valence-electron chi connectivity index (χ3n) is 4.67. The number of hydrogen-bond donors (Lipinski definition) is 1. The van der Waals surface area contributed by atoms with Crippen molar-refractivity contribution in [3.05, 3.63) is 80.9 Å². The average molecular weight is 409 g/mol. The maximum absolute atomic E-state index is 12.9. The normalized spacial score (nSPS) is 10.7. The summed E-state index contributed by atoms with van der Waals surface area (Å²) >= 11 is 0. The van der Waals surface area contributed by atoms with Gasteiger partial charge in [-0.2, -0.15) is 0 Å². The second kappa shape index (κ2) is 9.69. The number of aromatic nitrogens is 2. The Morgan fingerprint density at radius 3 is 2.37 bits per heavy atom. The van der Waals surface area contributed by atoms with E-state index in [1.165, 1.54) is 4.90 Å². The predicted molar refractivity (Wildman–Crippen MR) is 112 cm³/mol. The Labute approximate surface area is 172 Å². The van der Waals surface area contributed by atoms with Gasteiger partial charge in [0.05, 0.1) is 17.4 Å². The highest BCUT2D eigenvalue weighted by molar-refractivity contribution is 5.83. The Morgan fingerprint density at radius 1 is 1.00 bits per heavy atom. The monoisotopic (exact) mass is 409 g/mol. The first-order valence-electron chi connectivity index (χ1n) is 9.68. The van der Waals surface area contributed by atoms with Crippen LogP contribution in [-0.2, 0) is 27.3 Å². The Bertz CT molecular complexity index is 1150. The lowest BCUT2D eigenvalue weighted by atomic mass is 10.1. The predicted octanol–water partition coefficient (Wildman–Crippen LogP) is 1.32. The van der Waals surface area contributed by atoms with Crippen LogP contribution in [0.15, 0.2) is 64.2 Å². The molecule has 0 saturated heterocycles. The van der Waals surface area contributed by atoms with Gasteiger partial charge >= 0.3 is 5.97 Å². The van der Waals surface area contributed by atoms with E-state index in [0.717, 1.165) is 10.2 Å². The van der Waals surface area contributed by atoms with Gasteiger partial charge in [0.15, 0.2) is 0 Å². The highest BCUT2D eigenvalue weighted by atomic mass is 16.5. The first kappa shape index (κ1) is 21.0. The van der Waals surface area contributed by atoms with Crippen LogP contribution < -0.4 is 11.1 Å². The van der Waals surface area contributed by atoms with Crippen LogP contribution in [0.4, 0.5) is 0 Å². The molecular weight excluding hydrogens is 386 g/mol. The lowest BCUT2D eigenvalue weighted by Crippen LogP contribution is -2.42. The number of H-pyrrole nitrogens is 1. The average Bonchev–Trinajstić information content (AvgIpc) is 2.75. The quantitative estimate of drug-likeness (QED) is 0.566. The molecule has 1 amide bonds. The van der Waals surface area contributed by atoms with Gasteiger partial charge in [-0.15, -0.1) is 0 Å². The van der Waals surface area contributed by atoms with Crippen molar-refractivity contribution >= 4 is 22.6 Å². The Balaban J connectivity index is 1.82. The molecule has 0 atom stereocenters. The minimum Gasteiger partial charge on any atom is -0.465 e. The molecule has 3 aromatic rings. The molecule has 8 heteroatoms. The fraction of sp³-hybridized carbons (Fsp3) is 0.273.